The molecule has 1 heterocycles. The molecular formula is C11H24N2S. The van der Waals surface area contributed by atoms with Gasteiger partial charge >= 0.3 is 0 Å². The molecule has 3 heteroatoms. The maximum Gasteiger partial charge on any atom is 0.0159 e. The van der Waals surface area contributed by atoms with Crippen molar-refractivity contribution in [3.63, 3.8) is 0 Å². The molecule has 1 saturated heterocycles. The third-order valence-electron chi connectivity index (χ3n) is 2.92. The summed E-state index contributed by atoms with van der Waals surface area (Å²) >= 11 is 2.10. The predicted octanol–water partition coefficient (Wildman–Crippen LogP) is 1.81. The number of nitrogens with one attached hydrogen (secondary N) is 1. The molecule has 0 aromatic carbocycles. The predicted molar refractivity (Wildman–Crippen MR) is 66.1 cm³/mol. The van der Waals surface area contributed by atoms with Crippen molar-refractivity contribution in [1.29, 1.82) is 0 Å². The van der Waals surface area contributed by atoms with Gasteiger partial charge in [-0.25, -0.2) is 0 Å². The fourth-order valence-electron chi connectivity index (χ4n) is 1.87. The minimum absolute atomic E-state index is 0.782. The molecule has 14 heavy (non-hydrogen) atoms. The fraction of sp³-hybridized carbons (Fsp3) is 1.00. The maximum absolute atomic E-state index is 3.66. The van der Waals surface area contributed by atoms with Crippen LogP contribution in [-0.2, 0) is 0 Å². The van der Waals surface area contributed by atoms with Gasteiger partial charge in [-0.3, -0.25) is 0 Å². The van der Waals surface area contributed by atoms with Crippen LogP contribution in [0.25, 0.3) is 0 Å². The lowest BCUT2D eigenvalue weighted by atomic mass is 10.2. The first-order valence-electron chi connectivity index (χ1n) is 5.90. The summed E-state index contributed by atoms with van der Waals surface area (Å²) in [7, 11) is 0. The summed E-state index contributed by atoms with van der Waals surface area (Å²) < 4.78 is 0. The van der Waals surface area contributed by atoms with Crippen LogP contribution in [0.5, 0.6) is 0 Å². The number of thioether (sulfide) groups is 1. The number of nitrogens with zero attached hydrogens (tertiary/aromatic N) is 1. The van der Waals surface area contributed by atoms with Gasteiger partial charge in [-0.15, -0.1) is 0 Å². The minimum atomic E-state index is 0.782. The van der Waals surface area contributed by atoms with Crippen molar-refractivity contribution < 1.29 is 0 Å². The third-order valence-corrected chi connectivity index (χ3v) is 4.13. The van der Waals surface area contributed by atoms with Crippen LogP contribution >= 0.6 is 11.8 Å². The average Bonchev–Trinajstić information content (AvgIpc) is 2.26. The number of rotatable bonds is 6. The van der Waals surface area contributed by atoms with E-state index in [0.717, 1.165) is 12.6 Å². The molecule has 0 aliphatic carbocycles. The molecule has 0 aromatic rings. The second kappa shape index (κ2) is 7.55. The Morgan fingerprint density at radius 1 is 1.36 bits per heavy atom. The van der Waals surface area contributed by atoms with Crippen LogP contribution in [0.1, 0.15) is 26.7 Å². The average molecular weight is 216 g/mol. The van der Waals surface area contributed by atoms with E-state index in [-0.39, 0.29) is 0 Å². The normalized spacial score (nSPS) is 22.9. The van der Waals surface area contributed by atoms with Gasteiger partial charge in [0.05, 0.1) is 0 Å². The second-order valence-electron chi connectivity index (χ2n) is 3.90. The van der Waals surface area contributed by atoms with Crippen molar-refractivity contribution in [3.05, 3.63) is 0 Å². The molecule has 1 aliphatic rings. The fourth-order valence-corrected chi connectivity index (χ4v) is 2.97. The van der Waals surface area contributed by atoms with E-state index in [4.69, 9.17) is 0 Å². The lowest BCUT2D eigenvalue weighted by Gasteiger charge is -2.24. The maximum atomic E-state index is 3.66. The van der Waals surface area contributed by atoms with E-state index in [2.05, 4.69) is 35.8 Å². The van der Waals surface area contributed by atoms with Crippen molar-refractivity contribution in [3.8, 4) is 0 Å². The van der Waals surface area contributed by atoms with E-state index < -0.39 is 0 Å². The highest BCUT2D eigenvalue weighted by atomic mass is 32.2. The summed E-state index contributed by atoms with van der Waals surface area (Å²) in [4.78, 5) is 2.48. The summed E-state index contributed by atoms with van der Waals surface area (Å²) in [6, 6.07) is 0.782. The van der Waals surface area contributed by atoms with Gasteiger partial charge in [0, 0.05) is 24.9 Å². The number of likely N-dealkylation sites (N-methyl/N-ethyl adjacent to an activating group) is 1. The second-order valence-corrected chi connectivity index (χ2v) is 5.04. The standard InChI is InChI=1S/C11H24N2S/c1-3-13(4-2)8-7-12-11-6-5-9-14-10-11/h11-12H,3-10H2,1-2H3. The highest BCUT2D eigenvalue weighted by Crippen LogP contribution is 2.16. The Kier molecular flexibility index (Phi) is 6.65. The van der Waals surface area contributed by atoms with E-state index >= 15 is 0 Å². The monoisotopic (exact) mass is 216 g/mol. The smallest absolute Gasteiger partial charge is 0.0159 e. The van der Waals surface area contributed by atoms with Gasteiger partial charge < -0.3 is 10.2 Å². The van der Waals surface area contributed by atoms with Gasteiger partial charge in [0.1, 0.15) is 0 Å². The molecule has 0 saturated carbocycles. The van der Waals surface area contributed by atoms with E-state index in [1.807, 2.05) is 0 Å². The van der Waals surface area contributed by atoms with Gasteiger partial charge in [-0.2, -0.15) is 11.8 Å². The summed E-state index contributed by atoms with van der Waals surface area (Å²) in [6.45, 7) is 9.19. The molecule has 1 aliphatic heterocycles. The first kappa shape index (κ1) is 12.3. The highest BCUT2D eigenvalue weighted by Gasteiger charge is 2.12. The van der Waals surface area contributed by atoms with Gasteiger partial charge in [0.15, 0.2) is 0 Å². The van der Waals surface area contributed by atoms with Crippen LogP contribution in [-0.4, -0.2) is 48.6 Å². The van der Waals surface area contributed by atoms with E-state index in [9.17, 15) is 0 Å². The van der Waals surface area contributed by atoms with Crippen LogP contribution < -0.4 is 5.32 Å². The summed E-state index contributed by atoms with van der Waals surface area (Å²) in [6.07, 6.45) is 2.78. The van der Waals surface area contributed by atoms with E-state index in [1.165, 1.54) is 44.0 Å². The molecule has 1 rings (SSSR count). The van der Waals surface area contributed by atoms with Crippen LogP contribution in [0.2, 0.25) is 0 Å². The van der Waals surface area contributed by atoms with Crippen molar-refractivity contribution in [2.24, 2.45) is 0 Å². The molecule has 0 aromatic heterocycles. The van der Waals surface area contributed by atoms with Crippen LogP contribution in [0.3, 0.4) is 0 Å². The topological polar surface area (TPSA) is 15.3 Å². The van der Waals surface area contributed by atoms with Gasteiger partial charge in [0.25, 0.3) is 0 Å². The lowest BCUT2D eigenvalue weighted by molar-refractivity contribution is 0.296. The van der Waals surface area contributed by atoms with E-state index in [0.29, 0.717) is 0 Å². The quantitative estimate of drug-likeness (QED) is 0.729. The zero-order chi connectivity index (χ0) is 10.2. The molecule has 1 N–H and O–H groups in total. The Labute approximate surface area is 92.8 Å². The molecule has 1 fully saturated rings. The first-order chi connectivity index (χ1) is 6.86. The summed E-state index contributed by atoms with van der Waals surface area (Å²) in [5.74, 6) is 2.69. The Morgan fingerprint density at radius 2 is 2.14 bits per heavy atom. The Bertz CT molecular complexity index is 131. The molecule has 84 valence electrons. The number of hydrogen-bond acceptors (Lipinski definition) is 3. The molecule has 0 bridgehead atoms. The Balaban J connectivity index is 2.01. The first-order valence-corrected chi connectivity index (χ1v) is 7.05. The molecule has 1 unspecified atom stereocenters. The Hall–Kier alpha value is 0.270. The minimum Gasteiger partial charge on any atom is -0.312 e. The molecule has 1 atom stereocenters. The molecule has 0 spiro atoms. The molecular weight excluding hydrogens is 192 g/mol. The zero-order valence-electron chi connectivity index (χ0n) is 9.59. The summed E-state index contributed by atoms with van der Waals surface area (Å²) in [5, 5.41) is 3.66. The molecule has 0 radical (unpaired) electrons. The highest BCUT2D eigenvalue weighted by molar-refractivity contribution is 7.99. The van der Waals surface area contributed by atoms with Crippen LogP contribution in [0.15, 0.2) is 0 Å². The van der Waals surface area contributed by atoms with E-state index in [1.54, 1.807) is 0 Å². The number of hydrogen-bond donors (Lipinski definition) is 1. The van der Waals surface area contributed by atoms with Crippen LogP contribution in [0, 0.1) is 0 Å². The Morgan fingerprint density at radius 3 is 2.71 bits per heavy atom. The van der Waals surface area contributed by atoms with Crippen LogP contribution in [0.4, 0.5) is 0 Å². The largest absolute Gasteiger partial charge is 0.312 e. The van der Waals surface area contributed by atoms with Crippen molar-refractivity contribution in [2.45, 2.75) is 32.7 Å². The SMILES string of the molecule is CCN(CC)CCNC1CCCSC1. The van der Waals surface area contributed by atoms with Crippen molar-refractivity contribution in [2.75, 3.05) is 37.7 Å². The zero-order valence-corrected chi connectivity index (χ0v) is 10.4. The van der Waals surface area contributed by atoms with Gasteiger partial charge in [-0.05, 0) is 31.7 Å². The van der Waals surface area contributed by atoms with Gasteiger partial charge in [-0.1, -0.05) is 13.8 Å². The molecule has 0 amide bonds. The van der Waals surface area contributed by atoms with Crippen molar-refractivity contribution in [1.82, 2.24) is 10.2 Å². The van der Waals surface area contributed by atoms with Gasteiger partial charge in [0.2, 0.25) is 0 Å². The third kappa shape index (κ3) is 4.67. The molecule has 2 nitrogen and oxygen atoms in total. The summed E-state index contributed by atoms with van der Waals surface area (Å²) in [5.41, 5.74) is 0. The van der Waals surface area contributed by atoms with Crippen molar-refractivity contribution >= 4 is 11.8 Å². The lowest BCUT2D eigenvalue weighted by Crippen LogP contribution is -2.39.